The Morgan fingerprint density at radius 3 is 2.70 bits per heavy atom. The molecule has 0 unspecified atom stereocenters. The summed E-state index contributed by atoms with van der Waals surface area (Å²) >= 11 is 11.8. The van der Waals surface area contributed by atoms with E-state index in [1.165, 1.54) is 18.5 Å². The number of rotatable bonds is 5. The molecule has 1 amide bonds. The van der Waals surface area contributed by atoms with Crippen LogP contribution < -0.4 is 21.3 Å². The fourth-order valence-electron chi connectivity index (χ4n) is 1.65. The van der Waals surface area contributed by atoms with Gasteiger partial charge in [0.1, 0.15) is 12.0 Å². The van der Waals surface area contributed by atoms with Gasteiger partial charge in [-0.15, -0.1) is 0 Å². The van der Waals surface area contributed by atoms with Crippen molar-refractivity contribution in [3.8, 4) is 5.88 Å². The number of nitrogens with one attached hydrogen (secondary N) is 2. The molecule has 0 aliphatic carbocycles. The van der Waals surface area contributed by atoms with Crippen LogP contribution in [0.15, 0.2) is 24.5 Å². The van der Waals surface area contributed by atoms with Gasteiger partial charge in [0.25, 0.3) is 5.91 Å². The first-order valence-electron chi connectivity index (χ1n) is 6.67. The number of hydrogen-bond donors (Lipinski definition) is 3. The number of benzene rings is 1. The molecule has 0 fully saturated rings. The van der Waals surface area contributed by atoms with Crippen molar-refractivity contribution in [3.05, 3.63) is 40.1 Å². The van der Waals surface area contributed by atoms with Gasteiger partial charge < -0.3 is 10.5 Å². The van der Waals surface area contributed by atoms with E-state index >= 15 is 0 Å². The minimum absolute atomic E-state index is 0.0949. The van der Waals surface area contributed by atoms with Crippen LogP contribution in [0.25, 0.3) is 0 Å². The van der Waals surface area contributed by atoms with Crippen LogP contribution in [-0.4, -0.2) is 22.0 Å². The molecule has 0 aliphatic rings. The number of carbonyl (C=O) groups excluding carboxylic acids is 1. The number of carbonyl (C=O) groups is 1. The number of hydrogen-bond acceptors (Lipinski definition) is 6. The lowest BCUT2D eigenvalue weighted by atomic mass is 10.2. The second kappa shape index (κ2) is 7.34. The van der Waals surface area contributed by atoms with Gasteiger partial charge >= 0.3 is 0 Å². The Morgan fingerprint density at radius 1 is 1.30 bits per heavy atom. The molecule has 23 heavy (non-hydrogen) atoms. The lowest BCUT2D eigenvalue weighted by Gasteiger charge is -2.14. The van der Waals surface area contributed by atoms with Gasteiger partial charge in [0.05, 0.1) is 16.7 Å². The molecular weight excluding hydrogens is 341 g/mol. The summed E-state index contributed by atoms with van der Waals surface area (Å²) in [4.78, 5) is 20.0. The lowest BCUT2D eigenvalue weighted by molar-refractivity contribution is 0.0962. The Labute approximate surface area is 143 Å². The molecule has 0 saturated carbocycles. The molecule has 122 valence electrons. The largest absolute Gasteiger partial charge is 0.473 e. The maximum absolute atomic E-state index is 12.1. The fraction of sp³-hybridized carbons (Fsp3) is 0.214. The van der Waals surface area contributed by atoms with E-state index in [4.69, 9.17) is 33.7 Å². The van der Waals surface area contributed by atoms with Gasteiger partial charge in [-0.05, 0) is 32.0 Å². The van der Waals surface area contributed by atoms with Crippen LogP contribution >= 0.6 is 23.2 Å². The van der Waals surface area contributed by atoms with E-state index in [0.717, 1.165) is 0 Å². The first kappa shape index (κ1) is 17.1. The summed E-state index contributed by atoms with van der Waals surface area (Å²) in [7, 11) is 0. The van der Waals surface area contributed by atoms with Gasteiger partial charge in [0.2, 0.25) is 5.88 Å². The SMILES string of the molecule is CC(C)Oc1ncnc(NNC(=O)c2ccc(Cl)cc2Cl)c1N. The van der Waals surface area contributed by atoms with Crippen molar-refractivity contribution in [2.24, 2.45) is 0 Å². The first-order valence-corrected chi connectivity index (χ1v) is 7.42. The summed E-state index contributed by atoms with van der Waals surface area (Å²) in [5, 5.41) is 0.673. The van der Waals surface area contributed by atoms with Crippen molar-refractivity contribution in [3.63, 3.8) is 0 Å². The zero-order valence-electron chi connectivity index (χ0n) is 12.4. The third-order valence-electron chi connectivity index (χ3n) is 2.66. The molecule has 0 bridgehead atoms. The number of nitrogens with zero attached hydrogens (tertiary/aromatic N) is 2. The number of nitrogen functional groups attached to an aromatic ring is 1. The van der Waals surface area contributed by atoms with Crippen LogP contribution in [0.2, 0.25) is 10.0 Å². The molecule has 4 N–H and O–H groups in total. The fourth-order valence-corrected chi connectivity index (χ4v) is 2.15. The Hall–Kier alpha value is -2.25. The predicted octanol–water partition coefficient (Wildman–Crippen LogP) is 2.91. The summed E-state index contributed by atoms with van der Waals surface area (Å²) in [6.07, 6.45) is 1.18. The van der Waals surface area contributed by atoms with Crippen molar-refractivity contribution in [2.75, 3.05) is 11.2 Å². The molecule has 7 nitrogen and oxygen atoms in total. The van der Waals surface area contributed by atoms with Crippen molar-refractivity contribution < 1.29 is 9.53 Å². The summed E-state index contributed by atoms with van der Waals surface area (Å²) in [5.74, 6) is -0.0126. The highest BCUT2D eigenvalue weighted by Crippen LogP contribution is 2.25. The Morgan fingerprint density at radius 2 is 2.04 bits per heavy atom. The number of aromatic nitrogens is 2. The van der Waals surface area contributed by atoms with Crippen LogP contribution in [-0.2, 0) is 0 Å². The summed E-state index contributed by atoms with van der Waals surface area (Å²) < 4.78 is 5.44. The number of hydrazine groups is 1. The Kier molecular flexibility index (Phi) is 5.46. The van der Waals surface area contributed by atoms with E-state index in [1.807, 2.05) is 13.8 Å². The van der Waals surface area contributed by atoms with E-state index < -0.39 is 5.91 Å². The van der Waals surface area contributed by atoms with Crippen LogP contribution in [0.4, 0.5) is 11.5 Å². The first-order chi connectivity index (χ1) is 10.9. The zero-order valence-corrected chi connectivity index (χ0v) is 13.9. The highest BCUT2D eigenvalue weighted by molar-refractivity contribution is 6.36. The van der Waals surface area contributed by atoms with Gasteiger partial charge in [0.15, 0.2) is 5.82 Å². The molecule has 1 heterocycles. The average molecular weight is 356 g/mol. The third-order valence-corrected chi connectivity index (χ3v) is 3.21. The van der Waals surface area contributed by atoms with Crippen molar-refractivity contribution >= 4 is 40.6 Å². The van der Waals surface area contributed by atoms with Crippen molar-refractivity contribution in [1.82, 2.24) is 15.4 Å². The molecule has 0 atom stereocenters. The van der Waals surface area contributed by atoms with Crippen LogP contribution in [0.3, 0.4) is 0 Å². The summed E-state index contributed by atoms with van der Waals surface area (Å²) in [6, 6.07) is 4.56. The van der Waals surface area contributed by atoms with Crippen LogP contribution in [0, 0.1) is 0 Å². The molecule has 1 aromatic heterocycles. The van der Waals surface area contributed by atoms with Gasteiger partial charge in [-0.3, -0.25) is 15.6 Å². The Balaban J connectivity index is 2.10. The number of ether oxygens (including phenoxy) is 1. The van der Waals surface area contributed by atoms with E-state index in [1.54, 1.807) is 6.07 Å². The van der Waals surface area contributed by atoms with Gasteiger partial charge in [-0.2, -0.15) is 4.98 Å². The molecule has 1 aromatic carbocycles. The lowest BCUT2D eigenvalue weighted by Crippen LogP contribution is -2.30. The molecular formula is C14H15Cl2N5O2. The summed E-state index contributed by atoms with van der Waals surface area (Å²) in [5.41, 5.74) is 11.4. The third kappa shape index (κ3) is 4.37. The second-order valence-corrected chi connectivity index (χ2v) is 5.65. The van der Waals surface area contributed by atoms with E-state index in [9.17, 15) is 4.79 Å². The minimum atomic E-state index is -0.462. The monoisotopic (exact) mass is 355 g/mol. The molecule has 0 radical (unpaired) electrons. The van der Waals surface area contributed by atoms with E-state index in [-0.39, 0.29) is 34.1 Å². The average Bonchev–Trinajstić information content (AvgIpc) is 2.47. The van der Waals surface area contributed by atoms with Crippen LogP contribution in [0.1, 0.15) is 24.2 Å². The summed E-state index contributed by atoms with van der Waals surface area (Å²) in [6.45, 7) is 3.69. The smallest absolute Gasteiger partial charge is 0.271 e. The standard InChI is InChI=1S/C14H15Cl2N5O2/c1-7(2)23-14-11(17)12(18-6-19-14)20-21-13(22)9-4-3-8(15)5-10(9)16/h3-7H,17H2,1-2H3,(H,21,22)(H,18,19,20). The van der Waals surface area contributed by atoms with E-state index in [0.29, 0.717) is 5.02 Å². The minimum Gasteiger partial charge on any atom is -0.473 e. The molecule has 0 saturated heterocycles. The van der Waals surface area contributed by atoms with Gasteiger partial charge in [0, 0.05) is 5.02 Å². The topological polar surface area (TPSA) is 102 Å². The predicted molar refractivity (Wildman–Crippen MR) is 89.8 cm³/mol. The molecule has 2 rings (SSSR count). The quantitative estimate of drug-likeness (QED) is 0.712. The van der Waals surface area contributed by atoms with Gasteiger partial charge in [-0.25, -0.2) is 4.98 Å². The zero-order chi connectivity index (χ0) is 17.0. The maximum Gasteiger partial charge on any atom is 0.271 e. The van der Waals surface area contributed by atoms with E-state index in [2.05, 4.69) is 20.8 Å². The number of amides is 1. The highest BCUT2D eigenvalue weighted by atomic mass is 35.5. The van der Waals surface area contributed by atoms with Crippen molar-refractivity contribution in [1.29, 1.82) is 0 Å². The Bertz CT molecular complexity index is 724. The van der Waals surface area contributed by atoms with Crippen molar-refractivity contribution in [2.45, 2.75) is 20.0 Å². The normalized spacial score (nSPS) is 10.5. The molecule has 9 heteroatoms. The number of nitrogens with two attached hydrogens (primary N) is 1. The number of anilines is 2. The maximum atomic E-state index is 12.1. The second-order valence-electron chi connectivity index (χ2n) is 4.81. The molecule has 2 aromatic rings. The highest BCUT2D eigenvalue weighted by Gasteiger charge is 2.14. The molecule has 0 spiro atoms. The molecule has 0 aliphatic heterocycles. The van der Waals surface area contributed by atoms with Gasteiger partial charge in [-0.1, -0.05) is 23.2 Å². The number of halogens is 2. The van der Waals surface area contributed by atoms with Crippen LogP contribution in [0.5, 0.6) is 5.88 Å².